The van der Waals surface area contributed by atoms with Crippen molar-refractivity contribution in [3.63, 3.8) is 0 Å². The fourth-order valence-corrected chi connectivity index (χ4v) is 1.77. The van der Waals surface area contributed by atoms with Gasteiger partial charge in [0.15, 0.2) is 0 Å². The minimum absolute atomic E-state index is 0.424. The number of hydrogen-bond donors (Lipinski definition) is 1. The number of halogens is 1. The highest BCUT2D eigenvalue weighted by molar-refractivity contribution is 6.18. The Balaban J connectivity index is 2.12. The molecule has 3 heteroatoms. The van der Waals surface area contributed by atoms with Crippen molar-refractivity contribution in [1.82, 2.24) is 5.32 Å². The fourth-order valence-electron chi connectivity index (χ4n) is 1.64. The molecule has 0 atom stereocenters. The van der Waals surface area contributed by atoms with Crippen molar-refractivity contribution >= 4 is 11.6 Å². The Morgan fingerprint density at radius 1 is 1.36 bits per heavy atom. The number of alkyl halides is 1. The molecular weight excluding hydrogens is 198 g/mol. The number of hydrogen-bond acceptors (Lipinski definition) is 2. The molecule has 1 aliphatic rings. The van der Waals surface area contributed by atoms with Crippen molar-refractivity contribution in [2.45, 2.75) is 19.8 Å². The van der Waals surface area contributed by atoms with Gasteiger partial charge in [0.2, 0.25) is 0 Å². The van der Waals surface area contributed by atoms with E-state index in [-0.39, 0.29) is 0 Å². The molecule has 1 fully saturated rings. The van der Waals surface area contributed by atoms with Crippen LogP contribution in [0.15, 0.2) is 12.2 Å². The summed E-state index contributed by atoms with van der Waals surface area (Å²) in [7, 11) is 0. The summed E-state index contributed by atoms with van der Waals surface area (Å²) in [5.41, 5.74) is 0.424. The van der Waals surface area contributed by atoms with E-state index in [0.717, 1.165) is 26.3 Å². The minimum atomic E-state index is 0.424. The Morgan fingerprint density at radius 3 is 2.71 bits per heavy atom. The molecule has 82 valence electrons. The monoisotopic (exact) mass is 217 g/mol. The van der Waals surface area contributed by atoms with Crippen LogP contribution in [-0.4, -0.2) is 32.2 Å². The average molecular weight is 218 g/mol. The van der Waals surface area contributed by atoms with E-state index in [4.69, 9.17) is 16.3 Å². The van der Waals surface area contributed by atoms with Gasteiger partial charge in [0, 0.05) is 32.2 Å². The zero-order chi connectivity index (χ0) is 10.3. The van der Waals surface area contributed by atoms with Crippen LogP contribution in [0.4, 0.5) is 0 Å². The van der Waals surface area contributed by atoms with Crippen molar-refractivity contribution in [1.29, 1.82) is 0 Å². The van der Waals surface area contributed by atoms with Crippen molar-refractivity contribution in [3.8, 4) is 0 Å². The Kier molecular flexibility index (Phi) is 5.53. The fraction of sp³-hybridized carbons (Fsp3) is 0.818. The topological polar surface area (TPSA) is 21.3 Å². The zero-order valence-electron chi connectivity index (χ0n) is 8.89. The molecule has 0 aromatic rings. The predicted molar refractivity (Wildman–Crippen MR) is 60.9 cm³/mol. The zero-order valence-corrected chi connectivity index (χ0v) is 9.65. The van der Waals surface area contributed by atoms with Crippen molar-refractivity contribution < 1.29 is 4.74 Å². The van der Waals surface area contributed by atoms with Crippen LogP contribution >= 0.6 is 11.6 Å². The Morgan fingerprint density at radius 2 is 2.07 bits per heavy atom. The average Bonchev–Trinajstić information content (AvgIpc) is 2.18. The molecule has 0 unspecified atom stereocenters. The second-order valence-electron chi connectivity index (χ2n) is 4.18. The second kappa shape index (κ2) is 6.44. The van der Waals surface area contributed by atoms with Gasteiger partial charge in [-0.25, -0.2) is 0 Å². The second-order valence-corrected chi connectivity index (χ2v) is 4.49. The molecule has 0 aromatic carbocycles. The van der Waals surface area contributed by atoms with Crippen LogP contribution in [0.1, 0.15) is 19.8 Å². The van der Waals surface area contributed by atoms with Crippen LogP contribution in [0.5, 0.6) is 0 Å². The molecule has 2 nitrogen and oxygen atoms in total. The summed E-state index contributed by atoms with van der Waals surface area (Å²) in [6, 6.07) is 0. The molecule has 14 heavy (non-hydrogen) atoms. The molecule has 0 radical (unpaired) electrons. The number of allylic oxidation sites excluding steroid dienone is 1. The molecule has 1 rings (SSSR count). The van der Waals surface area contributed by atoms with Crippen LogP contribution < -0.4 is 5.32 Å². The van der Waals surface area contributed by atoms with Crippen LogP contribution in [0.3, 0.4) is 0 Å². The first-order chi connectivity index (χ1) is 6.77. The quantitative estimate of drug-likeness (QED) is 0.433. The minimum Gasteiger partial charge on any atom is -0.381 e. The standard InChI is InChI=1S/C11H20ClNO/c1-11(4-8-14-9-5-11)10-13-7-3-2-6-12/h2-3,13H,4-10H2,1H3/b3-2+. The Hall–Kier alpha value is -0.0500. The van der Waals surface area contributed by atoms with Gasteiger partial charge in [0.25, 0.3) is 0 Å². The normalized spacial score (nSPS) is 21.6. The molecular formula is C11H20ClNO. The SMILES string of the molecule is CC1(CNC/C=C/CCl)CCOCC1. The summed E-state index contributed by atoms with van der Waals surface area (Å²) in [6.45, 7) is 6.14. The lowest BCUT2D eigenvalue weighted by Crippen LogP contribution is -2.36. The number of ether oxygens (including phenoxy) is 1. The van der Waals surface area contributed by atoms with Crippen LogP contribution in [0, 0.1) is 5.41 Å². The lowest BCUT2D eigenvalue weighted by Gasteiger charge is -2.33. The van der Waals surface area contributed by atoms with Gasteiger partial charge in [0.1, 0.15) is 0 Å². The highest BCUT2D eigenvalue weighted by Gasteiger charge is 2.26. The summed E-state index contributed by atoms with van der Waals surface area (Å²) >= 11 is 5.53. The third-order valence-corrected chi connectivity index (χ3v) is 2.95. The third kappa shape index (κ3) is 4.45. The van der Waals surface area contributed by atoms with Gasteiger partial charge < -0.3 is 10.1 Å². The van der Waals surface area contributed by atoms with Gasteiger partial charge in [-0.2, -0.15) is 0 Å². The highest BCUT2D eigenvalue weighted by atomic mass is 35.5. The van der Waals surface area contributed by atoms with E-state index >= 15 is 0 Å². The first-order valence-corrected chi connectivity index (χ1v) is 5.80. The number of nitrogens with one attached hydrogen (secondary N) is 1. The van der Waals surface area contributed by atoms with Crippen molar-refractivity contribution in [3.05, 3.63) is 12.2 Å². The summed E-state index contributed by atoms with van der Waals surface area (Å²) in [4.78, 5) is 0. The molecule has 0 amide bonds. The maximum atomic E-state index is 5.53. The molecule has 0 spiro atoms. The third-order valence-electron chi connectivity index (χ3n) is 2.77. The van der Waals surface area contributed by atoms with Crippen molar-refractivity contribution in [2.24, 2.45) is 5.41 Å². The molecule has 0 aromatic heterocycles. The lowest BCUT2D eigenvalue weighted by atomic mass is 9.82. The van der Waals surface area contributed by atoms with Crippen LogP contribution in [0.25, 0.3) is 0 Å². The molecule has 0 aliphatic carbocycles. The highest BCUT2D eigenvalue weighted by Crippen LogP contribution is 2.28. The first-order valence-electron chi connectivity index (χ1n) is 5.26. The van der Waals surface area contributed by atoms with Gasteiger partial charge in [-0.15, -0.1) is 11.6 Å². The van der Waals surface area contributed by atoms with E-state index in [9.17, 15) is 0 Å². The van der Waals surface area contributed by atoms with E-state index in [0.29, 0.717) is 11.3 Å². The summed E-state index contributed by atoms with van der Waals surface area (Å²) in [5, 5.41) is 3.43. The lowest BCUT2D eigenvalue weighted by molar-refractivity contribution is 0.0246. The summed E-state index contributed by atoms with van der Waals surface area (Å²) in [6.07, 6.45) is 6.38. The van der Waals surface area contributed by atoms with Crippen LogP contribution in [0.2, 0.25) is 0 Å². The van der Waals surface area contributed by atoms with Gasteiger partial charge in [0.05, 0.1) is 0 Å². The largest absolute Gasteiger partial charge is 0.381 e. The molecule has 0 saturated carbocycles. The predicted octanol–water partition coefficient (Wildman–Crippen LogP) is 2.19. The molecule has 1 saturated heterocycles. The molecule has 0 bridgehead atoms. The first kappa shape index (κ1) is 12.0. The van der Waals surface area contributed by atoms with E-state index in [1.807, 2.05) is 6.08 Å². The van der Waals surface area contributed by atoms with E-state index in [1.165, 1.54) is 12.8 Å². The van der Waals surface area contributed by atoms with E-state index < -0.39 is 0 Å². The van der Waals surface area contributed by atoms with Crippen molar-refractivity contribution in [2.75, 3.05) is 32.2 Å². The van der Waals surface area contributed by atoms with Crippen LogP contribution in [-0.2, 0) is 4.74 Å². The summed E-state index contributed by atoms with van der Waals surface area (Å²) < 4.78 is 5.35. The number of rotatable bonds is 5. The maximum absolute atomic E-state index is 5.53. The van der Waals surface area contributed by atoms with Gasteiger partial charge in [-0.3, -0.25) is 0 Å². The summed E-state index contributed by atoms with van der Waals surface area (Å²) in [5.74, 6) is 0.604. The molecule has 1 N–H and O–H groups in total. The van der Waals surface area contributed by atoms with Gasteiger partial charge >= 0.3 is 0 Å². The van der Waals surface area contributed by atoms with E-state index in [1.54, 1.807) is 0 Å². The van der Waals surface area contributed by atoms with Gasteiger partial charge in [-0.1, -0.05) is 19.1 Å². The smallest absolute Gasteiger partial charge is 0.0471 e. The Labute approximate surface area is 91.7 Å². The molecule has 1 heterocycles. The van der Waals surface area contributed by atoms with Gasteiger partial charge in [-0.05, 0) is 18.3 Å². The molecule has 1 aliphatic heterocycles. The van der Waals surface area contributed by atoms with E-state index in [2.05, 4.69) is 18.3 Å². The maximum Gasteiger partial charge on any atom is 0.0471 e. The Bertz CT molecular complexity index is 176.